The Labute approximate surface area is 167 Å². The van der Waals surface area contributed by atoms with Crippen molar-refractivity contribution in [1.29, 1.82) is 0 Å². The third-order valence-electron chi connectivity index (χ3n) is 4.97. The zero-order valence-corrected chi connectivity index (χ0v) is 15.7. The number of aromatic nitrogens is 2. The number of carbonyl (C=O) groups is 1. The molecule has 4 rings (SSSR count). The van der Waals surface area contributed by atoms with Crippen molar-refractivity contribution in [2.45, 2.75) is 25.5 Å². The van der Waals surface area contributed by atoms with Gasteiger partial charge in [-0.05, 0) is 42.7 Å². The zero-order valence-electron chi connectivity index (χ0n) is 15.7. The van der Waals surface area contributed by atoms with Crippen LogP contribution in [0.4, 0.5) is 10.3 Å². The van der Waals surface area contributed by atoms with Crippen molar-refractivity contribution in [2.24, 2.45) is 0 Å². The van der Waals surface area contributed by atoms with Gasteiger partial charge in [0.05, 0.1) is 11.7 Å². The summed E-state index contributed by atoms with van der Waals surface area (Å²) >= 11 is 0. The fourth-order valence-corrected chi connectivity index (χ4v) is 3.54. The second-order valence-corrected chi connectivity index (χ2v) is 6.84. The van der Waals surface area contributed by atoms with Gasteiger partial charge in [-0.1, -0.05) is 30.3 Å². The maximum atomic E-state index is 13.1. The average molecular weight is 393 g/mol. The molecular formula is C22H20FN3O3. The molecule has 148 valence electrons. The summed E-state index contributed by atoms with van der Waals surface area (Å²) in [6.45, 7) is 0.747. The summed E-state index contributed by atoms with van der Waals surface area (Å²) in [5.41, 5.74) is 1.46. The molecule has 3 aromatic rings. The predicted molar refractivity (Wildman–Crippen MR) is 105 cm³/mol. The van der Waals surface area contributed by atoms with Crippen molar-refractivity contribution >= 4 is 11.9 Å². The summed E-state index contributed by atoms with van der Waals surface area (Å²) in [6, 6.07) is 15.8. The van der Waals surface area contributed by atoms with Crippen molar-refractivity contribution in [1.82, 2.24) is 9.97 Å². The highest BCUT2D eigenvalue weighted by Crippen LogP contribution is 2.34. The highest BCUT2D eigenvalue weighted by Gasteiger charge is 2.29. The first-order valence-corrected chi connectivity index (χ1v) is 9.41. The average Bonchev–Trinajstić information content (AvgIpc) is 3.23. The number of hydrogen-bond acceptors (Lipinski definition) is 5. The number of hydrogen-bond donors (Lipinski definition) is 1. The summed E-state index contributed by atoms with van der Waals surface area (Å²) in [6.07, 6.45) is 3.31. The molecule has 1 aliphatic heterocycles. The summed E-state index contributed by atoms with van der Waals surface area (Å²) in [5, 5.41) is 9.49. The first-order valence-electron chi connectivity index (χ1n) is 9.41. The van der Waals surface area contributed by atoms with Crippen LogP contribution in [0, 0.1) is 5.82 Å². The fourth-order valence-electron chi connectivity index (χ4n) is 3.54. The van der Waals surface area contributed by atoms with Crippen LogP contribution in [0.1, 0.15) is 40.5 Å². The molecule has 0 saturated carbocycles. The fraction of sp³-hybridized carbons (Fsp3) is 0.227. The molecular weight excluding hydrogens is 373 g/mol. The quantitative estimate of drug-likeness (QED) is 0.675. The van der Waals surface area contributed by atoms with Gasteiger partial charge < -0.3 is 14.7 Å². The van der Waals surface area contributed by atoms with E-state index in [1.54, 1.807) is 0 Å². The minimum Gasteiger partial charge on any atom is -0.487 e. The number of benzene rings is 2. The van der Waals surface area contributed by atoms with Crippen LogP contribution in [0.2, 0.25) is 0 Å². The highest BCUT2D eigenvalue weighted by atomic mass is 19.1. The predicted octanol–water partition coefficient (Wildman–Crippen LogP) is 4.23. The van der Waals surface area contributed by atoms with Gasteiger partial charge in [-0.3, -0.25) is 0 Å². The molecule has 1 saturated heterocycles. The maximum Gasteiger partial charge on any atom is 0.339 e. The summed E-state index contributed by atoms with van der Waals surface area (Å²) in [5.74, 6) is -0.561. The van der Waals surface area contributed by atoms with E-state index >= 15 is 0 Å². The smallest absolute Gasteiger partial charge is 0.339 e. The van der Waals surface area contributed by atoms with E-state index in [4.69, 9.17) is 4.74 Å². The van der Waals surface area contributed by atoms with Crippen molar-refractivity contribution in [2.75, 3.05) is 11.4 Å². The third-order valence-corrected chi connectivity index (χ3v) is 4.97. The molecule has 2 heterocycles. The van der Waals surface area contributed by atoms with Crippen LogP contribution >= 0.6 is 0 Å². The molecule has 1 N–H and O–H groups in total. The monoisotopic (exact) mass is 393 g/mol. The Hall–Kier alpha value is -3.48. The molecule has 0 unspecified atom stereocenters. The molecule has 29 heavy (non-hydrogen) atoms. The van der Waals surface area contributed by atoms with Crippen LogP contribution in [0.25, 0.3) is 0 Å². The van der Waals surface area contributed by atoms with Gasteiger partial charge in [0.15, 0.2) is 0 Å². The molecule has 2 aromatic carbocycles. The minimum absolute atomic E-state index is 0.00804. The van der Waals surface area contributed by atoms with Crippen LogP contribution in [0.3, 0.4) is 0 Å². The Kier molecular flexibility index (Phi) is 5.37. The summed E-state index contributed by atoms with van der Waals surface area (Å²) < 4.78 is 18.7. The van der Waals surface area contributed by atoms with Crippen LogP contribution in [-0.4, -0.2) is 27.6 Å². The minimum atomic E-state index is -1.12. The topological polar surface area (TPSA) is 75.5 Å². The molecule has 0 radical (unpaired) electrons. The Bertz CT molecular complexity index is 996. The Morgan fingerprint density at radius 3 is 2.66 bits per heavy atom. The first kappa shape index (κ1) is 18.9. The van der Waals surface area contributed by atoms with E-state index in [-0.39, 0.29) is 29.7 Å². The van der Waals surface area contributed by atoms with Crippen LogP contribution in [0.15, 0.2) is 60.8 Å². The van der Waals surface area contributed by atoms with Gasteiger partial charge in [-0.25, -0.2) is 19.2 Å². The highest BCUT2D eigenvalue weighted by molar-refractivity contribution is 5.88. The molecule has 1 aromatic heterocycles. The molecule has 1 aliphatic rings. The van der Waals surface area contributed by atoms with Crippen molar-refractivity contribution in [3.05, 3.63) is 83.4 Å². The molecule has 1 atom stereocenters. The second kappa shape index (κ2) is 8.26. The number of anilines is 1. The SMILES string of the molecule is O=C(O)c1cnc(N2CCC[C@@H]2c2ccccc2)nc1COc1ccc(F)cc1. The van der Waals surface area contributed by atoms with Gasteiger partial charge in [0.2, 0.25) is 5.95 Å². The number of carboxylic acids is 1. The Balaban J connectivity index is 1.60. The lowest BCUT2D eigenvalue weighted by atomic mass is 10.1. The van der Waals surface area contributed by atoms with Gasteiger partial charge in [0, 0.05) is 12.7 Å². The number of nitrogens with zero attached hydrogens (tertiary/aromatic N) is 3. The first-order chi connectivity index (χ1) is 14.1. The summed E-state index contributed by atoms with van der Waals surface area (Å²) in [7, 11) is 0. The number of rotatable bonds is 6. The lowest BCUT2D eigenvalue weighted by Crippen LogP contribution is -2.25. The van der Waals surface area contributed by atoms with Crippen molar-refractivity contribution in [3.8, 4) is 5.75 Å². The van der Waals surface area contributed by atoms with E-state index in [1.807, 2.05) is 18.2 Å². The van der Waals surface area contributed by atoms with Gasteiger partial charge >= 0.3 is 5.97 Å². The van der Waals surface area contributed by atoms with E-state index in [0.29, 0.717) is 11.7 Å². The van der Waals surface area contributed by atoms with E-state index in [2.05, 4.69) is 27.0 Å². The lowest BCUT2D eigenvalue weighted by molar-refractivity contribution is 0.0692. The Morgan fingerprint density at radius 2 is 1.93 bits per heavy atom. The van der Waals surface area contributed by atoms with Crippen LogP contribution < -0.4 is 9.64 Å². The van der Waals surface area contributed by atoms with E-state index < -0.39 is 5.97 Å². The molecule has 0 spiro atoms. The van der Waals surface area contributed by atoms with Crippen LogP contribution in [-0.2, 0) is 6.61 Å². The van der Waals surface area contributed by atoms with Gasteiger partial charge in [0.25, 0.3) is 0 Å². The van der Waals surface area contributed by atoms with E-state index in [9.17, 15) is 14.3 Å². The molecule has 1 fully saturated rings. The normalized spacial score (nSPS) is 16.0. The lowest BCUT2D eigenvalue weighted by Gasteiger charge is -2.25. The summed E-state index contributed by atoms with van der Waals surface area (Å²) in [4.78, 5) is 22.5. The van der Waals surface area contributed by atoms with Gasteiger partial charge in [-0.2, -0.15) is 0 Å². The molecule has 7 heteroatoms. The van der Waals surface area contributed by atoms with Gasteiger partial charge in [0.1, 0.15) is 23.7 Å². The zero-order chi connectivity index (χ0) is 20.2. The molecule has 0 bridgehead atoms. The number of ether oxygens (including phenoxy) is 1. The number of carboxylic acid groups (broad SMARTS) is 1. The van der Waals surface area contributed by atoms with E-state index in [0.717, 1.165) is 19.4 Å². The van der Waals surface area contributed by atoms with Crippen LogP contribution in [0.5, 0.6) is 5.75 Å². The number of halogens is 1. The maximum absolute atomic E-state index is 13.1. The molecule has 0 amide bonds. The largest absolute Gasteiger partial charge is 0.487 e. The molecule has 6 nitrogen and oxygen atoms in total. The van der Waals surface area contributed by atoms with Crippen molar-refractivity contribution < 1.29 is 19.0 Å². The van der Waals surface area contributed by atoms with E-state index in [1.165, 1.54) is 36.0 Å². The standard InChI is InChI=1S/C22H20FN3O3/c23-16-8-10-17(11-9-16)29-14-19-18(21(27)28)13-24-22(25-19)26-12-4-7-20(26)15-5-2-1-3-6-15/h1-3,5-6,8-11,13,20H,4,7,12,14H2,(H,27,28)/t20-/m1/s1. The molecule has 0 aliphatic carbocycles. The second-order valence-electron chi connectivity index (χ2n) is 6.84. The third kappa shape index (κ3) is 4.18. The van der Waals surface area contributed by atoms with Crippen molar-refractivity contribution in [3.63, 3.8) is 0 Å². The number of aromatic carboxylic acids is 1. The Morgan fingerprint density at radius 1 is 1.17 bits per heavy atom. The van der Waals surface area contributed by atoms with Gasteiger partial charge in [-0.15, -0.1) is 0 Å².